The molecule has 2 aliphatic rings. The Balaban J connectivity index is 1.49. The summed E-state index contributed by atoms with van der Waals surface area (Å²) in [7, 11) is 4.18. The summed E-state index contributed by atoms with van der Waals surface area (Å²) in [6, 6.07) is 12.9. The summed E-state index contributed by atoms with van der Waals surface area (Å²) in [6.45, 7) is 7.53. The van der Waals surface area contributed by atoms with E-state index in [-0.39, 0.29) is 5.54 Å². The third-order valence-corrected chi connectivity index (χ3v) is 6.51. The molecular weight excluding hydrogens is 346 g/mol. The van der Waals surface area contributed by atoms with Crippen molar-refractivity contribution in [1.29, 1.82) is 0 Å². The van der Waals surface area contributed by atoms with E-state index >= 15 is 0 Å². The molecule has 3 rings (SSSR count). The standard InChI is InChI=1S/C23H39N5/c1-17(18-10-7-6-8-11-18)27-23(2,3)16-25-22(24-4)26-19-14-20-12-9-13-21(15-19)28(20)5/h6-8,10-11,17,19-21,27H,9,12-16H2,1-5H3,(H2,24,25,26). The zero-order valence-electron chi connectivity index (χ0n) is 18.3. The van der Waals surface area contributed by atoms with E-state index in [1.165, 1.54) is 37.7 Å². The maximum absolute atomic E-state index is 4.49. The second-order valence-electron chi connectivity index (χ2n) is 9.30. The minimum absolute atomic E-state index is 0.0455. The Labute approximate surface area is 171 Å². The van der Waals surface area contributed by atoms with Gasteiger partial charge in [0.1, 0.15) is 0 Å². The summed E-state index contributed by atoms with van der Waals surface area (Å²) in [5.41, 5.74) is 1.27. The topological polar surface area (TPSA) is 51.7 Å². The molecule has 2 saturated heterocycles. The van der Waals surface area contributed by atoms with Crippen molar-refractivity contribution in [2.75, 3.05) is 20.6 Å². The van der Waals surface area contributed by atoms with Crippen LogP contribution in [0.25, 0.3) is 0 Å². The van der Waals surface area contributed by atoms with Gasteiger partial charge >= 0.3 is 0 Å². The molecule has 5 heteroatoms. The predicted molar refractivity (Wildman–Crippen MR) is 119 cm³/mol. The Morgan fingerprint density at radius 3 is 2.43 bits per heavy atom. The molecule has 156 valence electrons. The van der Waals surface area contributed by atoms with Crippen LogP contribution in [0.2, 0.25) is 0 Å². The summed E-state index contributed by atoms with van der Waals surface area (Å²) in [6.07, 6.45) is 6.51. The number of benzene rings is 1. The molecule has 0 aliphatic carbocycles. The van der Waals surface area contributed by atoms with Gasteiger partial charge in [0.25, 0.3) is 0 Å². The Hall–Kier alpha value is -1.59. The van der Waals surface area contributed by atoms with Crippen molar-refractivity contribution in [3.8, 4) is 0 Å². The smallest absolute Gasteiger partial charge is 0.191 e. The van der Waals surface area contributed by atoms with Crippen molar-refractivity contribution in [1.82, 2.24) is 20.9 Å². The monoisotopic (exact) mass is 385 g/mol. The number of aliphatic imine (C=N–C) groups is 1. The fraction of sp³-hybridized carbons (Fsp3) is 0.696. The van der Waals surface area contributed by atoms with Gasteiger partial charge in [-0.05, 0) is 59.1 Å². The van der Waals surface area contributed by atoms with Crippen LogP contribution in [-0.2, 0) is 0 Å². The quantitative estimate of drug-likeness (QED) is 0.519. The fourth-order valence-corrected chi connectivity index (χ4v) is 4.89. The average molecular weight is 386 g/mol. The lowest BCUT2D eigenvalue weighted by molar-refractivity contribution is 0.0526. The molecule has 3 unspecified atom stereocenters. The largest absolute Gasteiger partial charge is 0.355 e. The van der Waals surface area contributed by atoms with Crippen LogP contribution in [0.4, 0.5) is 0 Å². The van der Waals surface area contributed by atoms with Gasteiger partial charge in [-0.1, -0.05) is 36.8 Å². The van der Waals surface area contributed by atoms with Crippen LogP contribution in [0.15, 0.2) is 35.3 Å². The van der Waals surface area contributed by atoms with Crippen LogP contribution < -0.4 is 16.0 Å². The molecule has 1 aromatic rings. The Bertz CT molecular complexity index is 628. The Morgan fingerprint density at radius 2 is 1.82 bits per heavy atom. The molecular formula is C23H39N5. The first kappa shape index (κ1) is 21.1. The van der Waals surface area contributed by atoms with E-state index in [1.807, 2.05) is 7.05 Å². The normalized spacial score (nSPS) is 27.3. The van der Waals surface area contributed by atoms with Crippen molar-refractivity contribution in [2.24, 2.45) is 4.99 Å². The van der Waals surface area contributed by atoms with Crippen LogP contribution in [-0.4, -0.2) is 55.2 Å². The molecule has 3 N–H and O–H groups in total. The molecule has 3 atom stereocenters. The third-order valence-electron chi connectivity index (χ3n) is 6.51. The van der Waals surface area contributed by atoms with E-state index in [9.17, 15) is 0 Å². The molecule has 0 amide bonds. The fourth-order valence-electron chi connectivity index (χ4n) is 4.89. The molecule has 2 heterocycles. The predicted octanol–water partition coefficient (Wildman–Crippen LogP) is 3.30. The van der Waals surface area contributed by atoms with Gasteiger partial charge in [-0.15, -0.1) is 0 Å². The molecule has 28 heavy (non-hydrogen) atoms. The van der Waals surface area contributed by atoms with E-state index in [4.69, 9.17) is 0 Å². The van der Waals surface area contributed by atoms with E-state index in [0.29, 0.717) is 12.1 Å². The first-order chi connectivity index (χ1) is 13.4. The van der Waals surface area contributed by atoms with Gasteiger partial charge in [-0.3, -0.25) is 4.99 Å². The molecule has 0 saturated carbocycles. The number of hydrogen-bond donors (Lipinski definition) is 3. The minimum atomic E-state index is -0.0455. The van der Waals surface area contributed by atoms with E-state index in [0.717, 1.165) is 24.6 Å². The molecule has 0 radical (unpaired) electrons. The van der Waals surface area contributed by atoms with Crippen molar-refractivity contribution in [2.45, 2.75) is 82.6 Å². The lowest BCUT2D eigenvalue weighted by atomic mass is 9.82. The number of piperidine rings is 2. The van der Waals surface area contributed by atoms with Crippen molar-refractivity contribution < 1.29 is 0 Å². The SMILES string of the molecule is CN=C(NCC(C)(C)NC(C)c1ccccc1)NC1CC2CCCC(C1)N2C. The number of rotatable bonds is 6. The summed E-state index contributed by atoms with van der Waals surface area (Å²) >= 11 is 0. The van der Waals surface area contributed by atoms with Crippen molar-refractivity contribution in [3.05, 3.63) is 35.9 Å². The van der Waals surface area contributed by atoms with Crippen LogP contribution in [0.1, 0.15) is 64.5 Å². The highest BCUT2D eigenvalue weighted by Gasteiger charge is 2.36. The number of nitrogens with zero attached hydrogens (tertiary/aromatic N) is 2. The minimum Gasteiger partial charge on any atom is -0.355 e. The maximum Gasteiger partial charge on any atom is 0.191 e. The van der Waals surface area contributed by atoms with Crippen molar-refractivity contribution >= 4 is 5.96 Å². The highest BCUT2D eigenvalue weighted by Crippen LogP contribution is 2.32. The Morgan fingerprint density at radius 1 is 1.18 bits per heavy atom. The molecule has 2 bridgehead atoms. The number of fused-ring (bicyclic) bond motifs is 2. The van der Waals surface area contributed by atoms with Crippen LogP contribution in [0.5, 0.6) is 0 Å². The lowest BCUT2D eigenvalue weighted by Crippen LogP contribution is -2.58. The molecule has 0 spiro atoms. The molecule has 2 aliphatic heterocycles. The van der Waals surface area contributed by atoms with Crippen molar-refractivity contribution in [3.63, 3.8) is 0 Å². The van der Waals surface area contributed by atoms with E-state index in [1.54, 1.807) is 0 Å². The summed E-state index contributed by atoms with van der Waals surface area (Å²) in [5, 5.41) is 11.0. The zero-order chi connectivity index (χ0) is 20.1. The average Bonchev–Trinajstić information content (AvgIpc) is 2.66. The van der Waals surface area contributed by atoms with Gasteiger partial charge < -0.3 is 20.9 Å². The van der Waals surface area contributed by atoms with Crippen LogP contribution in [0.3, 0.4) is 0 Å². The van der Waals surface area contributed by atoms with E-state index < -0.39 is 0 Å². The number of guanidine groups is 1. The van der Waals surface area contributed by atoms with Gasteiger partial charge in [0.15, 0.2) is 5.96 Å². The molecule has 1 aromatic carbocycles. The molecule has 2 fully saturated rings. The second kappa shape index (κ2) is 9.27. The van der Waals surface area contributed by atoms with Gasteiger partial charge in [0.05, 0.1) is 0 Å². The zero-order valence-corrected chi connectivity index (χ0v) is 18.3. The lowest BCUT2D eigenvalue weighted by Gasteiger charge is -2.47. The number of hydrogen-bond acceptors (Lipinski definition) is 3. The first-order valence-corrected chi connectivity index (χ1v) is 10.9. The second-order valence-corrected chi connectivity index (χ2v) is 9.30. The number of nitrogens with one attached hydrogen (secondary N) is 3. The van der Waals surface area contributed by atoms with Gasteiger partial charge in [0.2, 0.25) is 0 Å². The maximum atomic E-state index is 4.49. The van der Waals surface area contributed by atoms with Gasteiger partial charge in [0, 0.05) is 43.3 Å². The van der Waals surface area contributed by atoms with E-state index in [2.05, 4.69) is 84.0 Å². The summed E-state index contributed by atoms with van der Waals surface area (Å²) < 4.78 is 0. The van der Waals surface area contributed by atoms with Crippen LogP contribution in [0, 0.1) is 0 Å². The highest BCUT2D eigenvalue weighted by atomic mass is 15.2. The summed E-state index contributed by atoms with van der Waals surface area (Å²) in [5.74, 6) is 0.926. The molecule has 0 aromatic heterocycles. The third kappa shape index (κ3) is 5.48. The van der Waals surface area contributed by atoms with Gasteiger partial charge in [-0.25, -0.2) is 0 Å². The molecule has 5 nitrogen and oxygen atoms in total. The Kier molecular flexibility index (Phi) is 7.00. The van der Waals surface area contributed by atoms with Crippen LogP contribution >= 0.6 is 0 Å². The highest BCUT2D eigenvalue weighted by molar-refractivity contribution is 5.80. The van der Waals surface area contributed by atoms with Gasteiger partial charge in [-0.2, -0.15) is 0 Å². The summed E-state index contributed by atoms with van der Waals surface area (Å²) in [4.78, 5) is 7.10. The first-order valence-electron chi connectivity index (χ1n) is 10.9.